The molecule has 1 fully saturated rings. The minimum absolute atomic E-state index is 0.0440. The van der Waals surface area contributed by atoms with Gasteiger partial charge in [0.05, 0.1) is 5.92 Å². The van der Waals surface area contributed by atoms with Gasteiger partial charge in [0.1, 0.15) is 5.60 Å². The predicted molar refractivity (Wildman–Crippen MR) is 80.0 cm³/mol. The van der Waals surface area contributed by atoms with Gasteiger partial charge in [0.15, 0.2) is 0 Å². The number of carbonyl (C=O) groups excluding carboxylic acids is 1. The summed E-state index contributed by atoms with van der Waals surface area (Å²) in [4.78, 5) is 12.3. The molecule has 0 aromatic carbocycles. The van der Waals surface area contributed by atoms with E-state index in [9.17, 15) is 4.79 Å². The van der Waals surface area contributed by atoms with E-state index >= 15 is 0 Å². The molecule has 0 saturated heterocycles. The summed E-state index contributed by atoms with van der Waals surface area (Å²) in [5, 5.41) is 0. The van der Waals surface area contributed by atoms with Gasteiger partial charge in [0, 0.05) is 0 Å². The molecule has 2 heteroatoms. The highest BCUT2D eigenvalue weighted by Gasteiger charge is 2.35. The Kier molecular flexibility index (Phi) is 6.35. The maximum atomic E-state index is 12.3. The number of hydrogen-bond acceptors (Lipinski definition) is 2. The third-order valence-corrected chi connectivity index (χ3v) is 4.89. The molecule has 3 atom stereocenters. The molecular weight excluding hydrogens is 236 g/mol. The first-order valence-electron chi connectivity index (χ1n) is 8.16. The Hall–Kier alpha value is -0.530. The molecule has 1 aliphatic carbocycles. The van der Waals surface area contributed by atoms with Gasteiger partial charge < -0.3 is 4.74 Å². The lowest BCUT2D eigenvalue weighted by atomic mass is 9.71. The molecule has 2 nitrogen and oxygen atoms in total. The fourth-order valence-corrected chi connectivity index (χ4v) is 3.23. The van der Waals surface area contributed by atoms with E-state index in [0.717, 1.165) is 31.1 Å². The average molecular weight is 268 g/mol. The smallest absolute Gasteiger partial charge is 0.309 e. The van der Waals surface area contributed by atoms with Gasteiger partial charge in [-0.15, -0.1) is 0 Å². The van der Waals surface area contributed by atoms with Crippen LogP contribution in [-0.4, -0.2) is 11.6 Å². The molecule has 0 radical (unpaired) electrons. The summed E-state index contributed by atoms with van der Waals surface area (Å²) in [5.41, 5.74) is -0.307. The lowest BCUT2D eigenvalue weighted by Crippen LogP contribution is -2.35. The van der Waals surface area contributed by atoms with E-state index in [0.29, 0.717) is 0 Å². The third kappa shape index (κ3) is 4.81. The lowest BCUT2D eigenvalue weighted by Gasteiger charge is -2.36. The first-order chi connectivity index (χ1) is 8.93. The fraction of sp³-hybridized carbons (Fsp3) is 0.941. The Labute approximate surface area is 119 Å². The molecule has 0 N–H and O–H groups in total. The van der Waals surface area contributed by atoms with Crippen LogP contribution in [0, 0.1) is 17.8 Å². The summed E-state index contributed by atoms with van der Waals surface area (Å²) in [6.45, 7) is 10.6. The second-order valence-corrected chi connectivity index (χ2v) is 6.76. The van der Waals surface area contributed by atoms with Crippen molar-refractivity contribution in [3.05, 3.63) is 0 Å². The summed E-state index contributed by atoms with van der Waals surface area (Å²) >= 11 is 0. The van der Waals surface area contributed by atoms with Crippen molar-refractivity contribution in [2.24, 2.45) is 17.8 Å². The van der Waals surface area contributed by atoms with Crippen LogP contribution in [0.15, 0.2) is 0 Å². The van der Waals surface area contributed by atoms with Gasteiger partial charge in [-0.25, -0.2) is 0 Å². The fourth-order valence-electron chi connectivity index (χ4n) is 3.23. The topological polar surface area (TPSA) is 26.3 Å². The Balaban J connectivity index is 2.58. The van der Waals surface area contributed by atoms with Gasteiger partial charge in [0.2, 0.25) is 0 Å². The molecule has 3 unspecified atom stereocenters. The number of carbonyl (C=O) groups is 1. The molecule has 0 aromatic rings. The molecule has 0 amide bonds. The average Bonchev–Trinajstić information content (AvgIpc) is 2.38. The normalized spacial score (nSPS) is 28.2. The molecule has 0 heterocycles. The summed E-state index contributed by atoms with van der Waals surface area (Å²) in [6, 6.07) is 0. The van der Waals surface area contributed by atoms with Crippen LogP contribution in [0.1, 0.15) is 79.6 Å². The first kappa shape index (κ1) is 16.5. The van der Waals surface area contributed by atoms with E-state index in [4.69, 9.17) is 4.74 Å². The SMILES string of the molecule is CCCC1CC(C(=O)OC(C)(C)CC)CCC1CC. The van der Waals surface area contributed by atoms with Crippen molar-refractivity contribution in [2.45, 2.75) is 85.2 Å². The molecule has 19 heavy (non-hydrogen) atoms. The molecular formula is C17H32O2. The van der Waals surface area contributed by atoms with Crippen molar-refractivity contribution in [3.63, 3.8) is 0 Å². The largest absolute Gasteiger partial charge is 0.459 e. The zero-order valence-electron chi connectivity index (χ0n) is 13.5. The summed E-state index contributed by atoms with van der Waals surface area (Å²) in [7, 11) is 0. The Morgan fingerprint density at radius 1 is 1.16 bits per heavy atom. The number of ether oxygens (including phenoxy) is 1. The van der Waals surface area contributed by atoms with E-state index < -0.39 is 0 Å². The quantitative estimate of drug-likeness (QED) is 0.636. The third-order valence-electron chi connectivity index (χ3n) is 4.89. The number of hydrogen-bond donors (Lipinski definition) is 0. The molecule has 1 saturated carbocycles. The Bertz CT molecular complexity index is 283. The van der Waals surface area contributed by atoms with Crippen molar-refractivity contribution in [2.75, 3.05) is 0 Å². The highest BCUT2D eigenvalue weighted by Crippen LogP contribution is 2.39. The number of esters is 1. The van der Waals surface area contributed by atoms with Crippen LogP contribution in [0.2, 0.25) is 0 Å². The molecule has 0 aliphatic heterocycles. The van der Waals surface area contributed by atoms with Crippen LogP contribution >= 0.6 is 0 Å². The van der Waals surface area contributed by atoms with Crippen molar-refractivity contribution in [3.8, 4) is 0 Å². The van der Waals surface area contributed by atoms with Crippen LogP contribution in [0.25, 0.3) is 0 Å². The van der Waals surface area contributed by atoms with E-state index in [1.54, 1.807) is 0 Å². The molecule has 1 rings (SSSR count). The van der Waals surface area contributed by atoms with Crippen LogP contribution in [0.3, 0.4) is 0 Å². The van der Waals surface area contributed by atoms with E-state index in [1.165, 1.54) is 25.7 Å². The van der Waals surface area contributed by atoms with Gasteiger partial charge >= 0.3 is 5.97 Å². The van der Waals surface area contributed by atoms with Crippen LogP contribution in [0.4, 0.5) is 0 Å². The standard InChI is InChI=1S/C17H32O2/c1-6-9-14-12-15(11-10-13(14)7-2)16(18)19-17(4,5)8-3/h13-15H,6-12H2,1-5H3. The number of rotatable bonds is 6. The zero-order valence-corrected chi connectivity index (χ0v) is 13.5. The first-order valence-corrected chi connectivity index (χ1v) is 8.16. The Morgan fingerprint density at radius 2 is 1.84 bits per heavy atom. The molecule has 0 spiro atoms. The van der Waals surface area contributed by atoms with E-state index in [-0.39, 0.29) is 17.5 Å². The monoisotopic (exact) mass is 268 g/mol. The lowest BCUT2D eigenvalue weighted by molar-refractivity contribution is -0.164. The molecule has 0 aromatic heterocycles. The predicted octanol–water partition coefficient (Wildman–Crippen LogP) is 4.96. The summed E-state index contributed by atoms with van der Waals surface area (Å²) in [6.07, 6.45) is 7.90. The van der Waals surface area contributed by atoms with Crippen molar-refractivity contribution in [1.29, 1.82) is 0 Å². The maximum Gasteiger partial charge on any atom is 0.309 e. The Morgan fingerprint density at radius 3 is 2.37 bits per heavy atom. The second kappa shape index (κ2) is 7.31. The van der Waals surface area contributed by atoms with Crippen molar-refractivity contribution >= 4 is 5.97 Å². The minimum atomic E-state index is -0.307. The van der Waals surface area contributed by atoms with Crippen molar-refractivity contribution in [1.82, 2.24) is 0 Å². The van der Waals surface area contributed by atoms with E-state index in [1.807, 2.05) is 13.8 Å². The molecule has 112 valence electrons. The molecule has 1 aliphatic rings. The zero-order chi connectivity index (χ0) is 14.5. The van der Waals surface area contributed by atoms with Crippen LogP contribution in [-0.2, 0) is 9.53 Å². The van der Waals surface area contributed by atoms with Crippen LogP contribution in [0.5, 0.6) is 0 Å². The highest BCUT2D eigenvalue weighted by atomic mass is 16.6. The minimum Gasteiger partial charge on any atom is -0.459 e. The molecule has 0 bridgehead atoms. The summed E-state index contributed by atoms with van der Waals surface area (Å²) in [5.74, 6) is 1.74. The maximum absolute atomic E-state index is 12.3. The van der Waals surface area contributed by atoms with Crippen molar-refractivity contribution < 1.29 is 9.53 Å². The van der Waals surface area contributed by atoms with Crippen LogP contribution < -0.4 is 0 Å². The van der Waals surface area contributed by atoms with Gasteiger partial charge in [0.25, 0.3) is 0 Å². The van der Waals surface area contributed by atoms with Gasteiger partial charge in [-0.3, -0.25) is 4.79 Å². The van der Waals surface area contributed by atoms with E-state index in [2.05, 4.69) is 20.8 Å². The summed E-state index contributed by atoms with van der Waals surface area (Å²) < 4.78 is 5.68. The van der Waals surface area contributed by atoms with Gasteiger partial charge in [-0.2, -0.15) is 0 Å². The highest BCUT2D eigenvalue weighted by molar-refractivity contribution is 5.73. The second-order valence-electron chi connectivity index (χ2n) is 6.76. The van der Waals surface area contributed by atoms with Gasteiger partial charge in [-0.1, -0.05) is 40.0 Å². The van der Waals surface area contributed by atoms with Gasteiger partial charge in [-0.05, 0) is 51.4 Å².